The van der Waals surface area contributed by atoms with E-state index in [1.165, 1.54) is 16.1 Å². The van der Waals surface area contributed by atoms with Gasteiger partial charge in [0, 0.05) is 49.1 Å². The molecule has 3 aromatic rings. The molecule has 5 heteroatoms. The first-order valence-corrected chi connectivity index (χ1v) is 9.49. The molecule has 132 valence electrons. The summed E-state index contributed by atoms with van der Waals surface area (Å²) in [6.45, 7) is 6.19. The molecule has 0 amide bonds. The van der Waals surface area contributed by atoms with Crippen LogP contribution in [0.4, 0.5) is 0 Å². The number of likely N-dealkylation sites (N-methyl/N-ethyl adjacent to an activating group) is 1. The third-order valence-corrected chi connectivity index (χ3v) is 5.32. The van der Waals surface area contributed by atoms with Gasteiger partial charge in [-0.3, -0.25) is 4.90 Å². The second-order valence-corrected chi connectivity index (χ2v) is 7.60. The Bertz CT molecular complexity index is 776. The number of rotatable bonds is 8. The first-order chi connectivity index (χ1) is 12.1. The van der Waals surface area contributed by atoms with Crippen molar-refractivity contribution < 1.29 is 0 Å². The van der Waals surface area contributed by atoms with E-state index < -0.39 is 0 Å². The molecule has 0 atom stereocenters. The molecule has 0 fully saturated rings. The number of hydrogen-bond donors (Lipinski definition) is 0. The Morgan fingerprint density at radius 1 is 1.04 bits per heavy atom. The maximum Gasteiger partial charge on any atom is 0.136 e. The fraction of sp³-hybridized carbons (Fsp3) is 0.350. The third-order valence-electron chi connectivity index (χ3n) is 4.31. The number of thiophene rings is 1. The van der Waals surface area contributed by atoms with Crippen molar-refractivity contribution in [3.63, 3.8) is 0 Å². The SMILES string of the molecule is Cc1ccsc1CN(CCN(C)C)Cc1cccn1-c1ccccn1. The molecule has 0 bridgehead atoms. The van der Waals surface area contributed by atoms with Gasteiger partial charge in [-0.15, -0.1) is 11.3 Å². The van der Waals surface area contributed by atoms with Crippen LogP contribution in [0.2, 0.25) is 0 Å². The molecule has 0 saturated carbocycles. The molecule has 3 heterocycles. The van der Waals surface area contributed by atoms with Crippen molar-refractivity contribution >= 4 is 11.3 Å². The van der Waals surface area contributed by atoms with Gasteiger partial charge in [-0.1, -0.05) is 6.07 Å². The molecule has 0 spiro atoms. The normalized spacial score (nSPS) is 11.6. The predicted octanol–water partition coefficient (Wildman–Crippen LogP) is 3.81. The molecular weight excluding hydrogens is 328 g/mol. The molecule has 25 heavy (non-hydrogen) atoms. The minimum absolute atomic E-state index is 0.911. The van der Waals surface area contributed by atoms with Crippen LogP contribution in [-0.4, -0.2) is 46.5 Å². The monoisotopic (exact) mass is 354 g/mol. The van der Waals surface area contributed by atoms with Crippen molar-refractivity contribution in [2.45, 2.75) is 20.0 Å². The van der Waals surface area contributed by atoms with Gasteiger partial charge in [-0.25, -0.2) is 4.98 Å². The van der Waals surface area contributed by atoms with E-state index in [1.807, 2.05) is 29.7 Å². The van der Waals surface area contributed by atoms with E-state index in [4.69, 9.17) is 0 Å². The average Bonchev–Trinajstić information content (AvgIpc) is 3.23. The zero-order valence-electron chi connectivity index (χ0n) is 15.2. The van der Waals surface area contributed by atoms with Crippen LogP contribution in [0.15, 0.2) is 54.2 Å². The molecule has 0 aliphatic heterocycles. The van der Waals surface area contributed by atoms with Crippen LogP contribution in [0.1, 0.15) is 16.1 Å². The summed E-state index contributed by atoms with van der Waals surface area (Å²) in [6.07, 6.45) is 3.94. The summed E-state index contributed by atoms with van der Waals surface area (Å²) in [5, 5.41) is 2.19. The first-order valence-electron chi connectivity index (χ1n) is 8.61. The van der Waals surface area contributed by atoms with Crippen LogP contribution in [0.25, 0.3) is 5.82 Å². The van der Waals surface area contributed by atoms with Gasteiger partial charge >= 0.3 is 0 Å². The van der Waals surface area contributed by atoms with Gasteiger partial charge in [-0.05, 0) is 62.3 Å². The van der Waals surface area contributed by atoms with Gasteiger partial charge in [-0.2, -0.15) is 0 Å². The maximum absolute atomic E-state index is 4.49. The highest BCUT2D eigenvalue weighted by Gasteiger charge is 2.13. The highest BCUT2D eigenvalue weighted by atomic mass is 32.1. The van der Waals surface area contributed by atoms with Crippen molar-refractivity contribution in [1.82, 2.24) is 19.4 Å². The quantitative estimate of drug-likeness (QED) is 0.615. The van der Waals surface area contributed by atoms with E-state index in [0.717, 1.165) is 32.0 Å². The molecular formula is C20H26N4S. The summed E-state index contributed by atoms with van der Waals surface area (Å²) in [4.78, 5) is 10.7. The number of pyridine rings is 1. The minimum atomic E-state index is 0.911. The second-order valence-electron chi connectivity index (χ2n) is 6.60. The molecule has 0 aliphatic carbocycles. The standard InChI is InChI=1S/C20H26N4S/c1-17-9-14-25-19(17)16-23(13-12-22(2)3)15-18-7-6-11-24(18)20-8-4-5-10-21-20/h4-11,14H,12-13,15-16H2,1-3H3. The van der Waals surface area contributed by atoms with Crippen LogP contribution in [0.5, 0.6) is 0 Å². The van der Waals surface area contributed by atoms with Crippen molar-refractivity contribution in [3.8, 4) is 5.82 Å². The van der Waals surface area contributed by atoms with Crippen molar-refractivity contribution in [2.24, 2.45) is 0 Å². The smallest absolute Gasteiger partial charge is 0.136 e. The van der Waals surface area contributed by atoms with E-state index in [2.05, 4.69) is 76.2 Å². The molecule has 3 aromatic heterocycles. The fourth-order valence-corrected chi connectivity index (χ4v) is 3.77. The molecule has 3 rings (SSSR count). The summed E-state index contributed by atoms with van der Waals surface area (Å²) in [7, 11) is 4.26. The number of nitrogens with zero attached hydrogens (tertiary/aromatic N) is 4. The predicted molar refractivity (Wildman–Crippen MR) is 105 cm³/mol. The Morgan fingerprint density at radius 2 is 1.92 bits per heavy atom. The lowest BCUT2D eigenvalue weighted by Crippen LogP contribution is -2.31. The van der Waals surface area contributed by atoms with Crippen LogP contribution in [0, 0.1) is 6.92 Å². The Kier molecular flexibility index (Phi) is 6.02. The number of aryl methyl sites for hydroxylation is 1. The topological polar surface area (TPSA) is 24.3 Å². The van der Waals surface area contributed by atoms with E-state index in [9.17, 15) is 0 Å². The van der Waals surface area contributed by atoms with E-state index >= 15 is 0 Å². The van der Waals surface area contributed by atoms with Crippen LogP contribution >= 0.6 is 11.3 Å². The van der Waals surface area contributed by atoms with Gasteiger partial charge in [0.2, 0.25) is 0 Å². The fourth-order valence-electron chi connectivity index (χ4n) is 2.82. The second kappa shape index (κ2) is 8.43. The largest absolute Gasteiger partial charge is 0.308 e. The van der Waals surface area contributed by atoms with Gasteiger partial charge < -0.3 is 9.47 Å². The number of hydrogen-bond acceptors (Lipinski definition) is 4. The first kappa shape index (κ1) is 17.9. The van der Waals surface area contributed by atoms with Crippen molar-refractivity contribution in [3.05, 3.63) is 70.3 Å². The molecule has 0 aromatic carbocycles. The van der Waals surface area contributed by atoms with Gasteiger partial charge in [0.15, 0.2) is 0 Å². The highest BCUT2D eigenvalue weighted by Crippen LogP contribution is 2.20. The average molecular weight is 355 g/mol. The zero-order valence-corrected chi connectivity index (χ0v) is 16.0. The van der Waals surface area contributed by atoms with Gasteiger partial charge in [0.05, 0.1) is 0 Å². The molecule has 0 radical (unpaired) electrons. The summed E-state index contributed by atoms with van der Waals surface area (Å²) < 4.78 is 2.18. The lowest BCUT2D eigenvalue weighted by Gasteiger charge is -2.24. The third kappa shape index (κ3) is 4.78. The van der Waals surface area contributed by atoms with E-state index in [1.54, 1.807) is 0 Å². The lowest BCUT2D eigenvalue weighted by atomic mass is 10.2. The molecule has 4 nitrogen and oxygen atoms in total. The summed E-state index contributed by atoms with van der Waals surface area (Å²) in [6, 6.07) is 12.5. The van der Waals surface area contributed by atoms with Crippen molar-refractivity contribution in [1.29, 1.82) is 0 Å². The van der Waals surface area contributed by atoms with Gasteiger partial charge in [0.1, 0.15) is 5.82 Å². The van der Waals surface area contributed by atoms with Crippen LogP contribution in [0.3, 0.4) is 0 Å². The summed E-state index contributed by atoms with van der Waals surface area (Å²) >= 11 is 1.85. The van der Waals surface area contributed by atoms with Crippen LogP contribution < -0.4 is 0 Å². The molecule has 0 saturated heterocycles. The summed E-state index contributed by atoms with van der Waals surface area (Å²) in [5.74, 6) is 0.974. The van der Waals surface area contributed by atoms with Gasteiger partial charge in [0.25, 0.3) is 0 Å². The Hall–Kier alpha value is -1.95. The van der Waals surface area contributed by atoms with Crippen LogP contribution in [-0.2, 0) is 13.1 Å². The zero-order chi connectivity index (χ0) is 17.6. The Morgan fingerprint density at radius 3 is 2.60 bits per heavy atom. The minimum Gasteiger partial charge on any atom is -0.308 e. The van der Waals surface area contributed by atoms with E-state index in [0.29, 0.717) is 0 Å². The molecule has 0 aliphatic rings. The Labute approximate surface area is 154 Å². The Balaban J connectivity index is 1.78. The highest BCUT2D eigenvalue weighted by molar-refractivity contribution is 7.10. The lowest BCUT2D eigenvalue weighted by molar-refractivity contribution is 0.224. The van der Waals surface area contributed by atoms with E-state index in [-0.39, 0.29) is 0 Å². The summed E-state index contributed by atoms with van der Waals surface area (Å²) in [5.41, 5.74) is 2.66. The van der Waals surface area contributed by atoms with Crippen molar-refractivity contribution in [2.75, 3.05) is 27.2 Å². The molecule has 0 unspecified atom stereocenters. The maximum atomic E-state index is 4.49. The number of aromatic nitrogens is 2. The molecule has 0 N–H and O–H groups in total.